The Morgan fingerprint density at radius 3 is 2.50 bits per heavy atom. The Morgan fingerprint density at radius 2 is 1.79 bits per heavy atom. The number of benzene rings is 1. The van der Waals surface area contributed by atoms with Gasteiger partial charge in [-0.05, 0) is 55.1 Å². The van der Waals surface area contributed by atoms with Crippen molar-refractivity contribution in [3.8, 4) is 0 Å². The molecule has 0 saturated carbocycles. The van der Waals surface area contributed by atoms with Gasteiger partial charge in [-0.2, -0.15) is 0 Å². The molecule has 1 aromatic heterocycles. The van der Waals surface area contributed by atoms with Crippen molar-refractivity contribution >= 4 is 29.9 Å². The van der Waals surface area contributed by atoms with Crippen LogP contribution in [0.5, 0.6) is 0 Å². The number of halogens is 1. The lowest BCUT2D eigenvalue weighted by molar-refractivity contribution is 0.185. The van der Waals surface area contributed by atoms with Crippen LogP contribution in [-0.2, 0) is 19.6 Å². The molecule has 0 radical (unpaired) electrons. The summed E-state index contributed by atoms with van der Waals surface area (Å²) >= 11 is 0. The van der Waals surface area contributed by atoms with Crippen LogP contribution in [0.1, 0.15) is 30.9 Å². The monoisotopic (exact) mass is 495 g/mol. The van der Waals surface area contributed by atoms with E-state index in [1.807, 2.05) is 19.2 Å². The topological polar surface area (TPSA) is 44.6 Å². The van der Waals surface area contributed by atoms with Crippen molar-refractivity contribution in [3.63, 3.8) is 0 Å². The van der Waals surface area contributed by atoms with Crippen LogP contribution in [0.25, 0.3) is 0 Å². The van der Waals surface area contributed by atoms with Gasteiger partial charge in [0.1, 0.15) is 0 Å². The first-order valence-electron chi connectivity index (χ1n) is 10.1. The van der Waals surface area contributed by atoms with E-state index in [4.69, 9.17) is 0 Å². The summed E-state index contributed by atoms with van der Waals surface area (Å²) in [4.78, 5) is 6.90. The highest BCUT2D eigenvalue weighted by Gasteiger charge is 2.15. The highest BCUT2D eigenvalue weighted by atomic mass is 127. The second-order valence-electron chi connectivity index (χ2n) is 7.55. The van der Waals surface area contributed by atoms with Gasteiger partial charge in [0.05, 0.1) is 0 Å². The molecule has 2 aromatic rings. The van der Waals surface area contributed by atoms with Crippen molar-refractivity contribution < 1.29 is 0 Å². The van der Waals surface area contributed by atoms with E-state index in [0.29, 0.717) is 0 Å². The molecule has 2 heterocycles. The number of nitrogens with one attached hydrogen (secondary N) is 2. The highest BCUT2D eigenvalue weighted by Crippen LogP contribution is 2.18. The normalized spacial score (nSPS) is 15.9. The fourth-order valence-electron chi connectivity index (χ4n) is 3.55. The standard InChI is InChI=1S/C22H33N5.HI/c1-19-8-13-27(14-9-19)18-21-7-5-6-20(16-21)17-25-22(23-2)24-10-15-26-11-3-4-12-26;/h3-7,11-12,16,19H,8-10,13-15,17-18H2,1-2H3,(H2,23,24,25);1H. The van der Waals surface area contributed by atoms with Gasteiger partial charge >= 0.3 is 0 Å². The lowest BCUT2D eigenvalue weighted by Gasteiger charge is -2.30. The van der Waals surface area contributed by atoms with Crippen molar-refractivity contribution in [2.75, 3.05) is 26.7 Å². The maximum atomic E-state index is 4.32. The van der Waals surface area contributed by atoms with Gasteiger partial charge in [-0.25, -0.2) is 0 Å². The van der Waals surface area contributed by atoms with E-state index in [1.165, 1.54) is 37.1 Å². The number of hydrogen-bond acceptors (Lipinski definition) is 2. The van der Waals surface area contributed by atoms with E-state index in [0.717, 1.165) is 38.1 Å². The molecular weight excluding hydrogens is 461 g/mol. The van der Waals surface area contributed by atoms with Gasteiger partial charge in [-0.1, -0.05) is 31.2 Å². The average molecular weight is 495 g/mol. The number of hydrogen-bond donors (Lipinski definition) is 2. The number of aliphatic imine (C=N–C) groups is 1. The summed E-state index contributed by atoms with van der Waals surface area (Å²) in [5.41, 5.74) is 2.70. The Hall–Kier alpha value is -1.54. The summed E-state index contributed by atoms with van der Waals surface area (Å²) in [5, 5.41) is 6.79. The quantitative estimate of drug-likeness (QED) is 0.350. The molecule has 5 nitrogen and oxygen atoms in total. The molecule has 1 fully saturated rings. The molecule has 28 heavy (non-hydrogen) atoms. The van der Waals surface area contributed by atoms with Crippen LogP contribution >= 0.6 is 24.0 Å². The van der Waals surface area contributed by atoms with Crippen molar-refractivity contribution in [2.24, 2.45) is 10.9 Å². The van der Waals surface area contributed by atoms with Gasteiger partial charge in [-0.3, -0.25) is 9.89 Å². The molecule has 154 valence electrons. The van der Waals surface area contributed by atoms with E-state index >= 15 is 0 Å². The number of rotatable bonds is 7. The molecule has 0 amide bonds. The molecule has 1 aromatic carbocycles. The average Bonchev–Trinajstić information content (AvgIpc) is 3.20. The van der Waals surface area contributed by atoms with Crippen molar-refractivity contribution in [1.82, 2.24) is 20.1 Å². The van der Waals surface area contributed by atoms with Crippen LogP contribution in [0, 0.1) is 5.92 Å². The van der Waals surface area contributed by atoms with E-state index < -0.39 is 0 Å². The lowest BCUT2D eigenvalue weighted by Crippen LogP contribution is -2.38. The van der Waals surface area contributed by atoms with Crippen LogP contribution in [0.4, 0.5) is 0 Å². The van der Waals surface area contributed by atoms with Crippen molar-refractivity contribution in [2.45, 2.75) is 39.4 Å². The van der Waals surface area contributed by atoms with Crippen LogP contribution < -0.4 is 10.6 Å². The first kappa shape index (κ1) is 22.7. The molecule has 1 aliphatic rings. The van der Waals surface area contributed by atoms with Crippen LogP contribution in [-0.4, -0.2) is 42.1 Å². The predicted molar refractivity (Wildman–Crippen MR) is 128 cm³/mol. The largest absolute Gasteiger partial charge is 0.355 e. The molecule has 1 aliphatic heterocycles. The molecule has 1 saturated heterocycles. The van der Waals surface area contributed by atoms with E-state index in [2.05, 4.69) is 68.7 Å². The van der Waals surface area contributed by atoms with E-state index in [-0.39, 0.29) is 24.0 Å². The van der Waals surface area contributed by atoms with Gasteiger partial charge in [-0.15, -0.1) is 24.0 Å². The van der Waals surface area contributed by atoms with Crippen LogP contribution in [0.2, 0.25) is 0 Å². The summed E-state index contributed by atoms with van der Waals surface area (Å²) in [7, 11) is 1.82. The molecule has 0 bridgehead atoms. The second kappa shape index (κ2) is 12.1. The third-order valence-electron chi connectivity index (χ3n) is 5.29. The Bertz CT molecular complexity index is 705. The summed E-state index contributed by atoms with van der Waals surface area (Å²) in [6, 6.07) is 13.0. The molecule has 6 heteroatoms. The maximum absolute atomic E-state index is 4.32. The number of nitrogens with zero attached hydrogens (tertiary/aromatic N) is 3. The Labute approximate surface area is 186 Å². The van der Waals surface area contributed by atoms with Gasteiger partial charge < -0.3 is 15.2 Å². The molecule has 0 atom stereocenters. The highest BCUT2D eigenvalue weighted by molar-refractivity contribution is 14.0. The van der Waals surface area contributed by atoms with E-state index in [9.17, 15) is 0 Å². The summed E-state index contributed by atoms with van der Waals surface area (Å²) in [6.07, 6.45) is 6.80. The minimum atomic E-state index is 0. The number of piperidine rings is 1. The first-order valence-corrected chi connectivity index (χ1v) is 10.1. The minimum Gasteiger partial charge on any atom is -0.355 e. The Balaban J connectivity index is 0.00000280. The third-order valence-corrected chi connectivity index (χ3v) is 5.29. The fraction of sp³-hybridized carbons (Fsp3) is 0.500. The summed E-state index contributed by atoms with van der Waals surface area (Å²) in [5.74, 6) is 1.73. The number of aromatic nitrogens is 1. The minimum absolute atomic E-state index is 0. The zero-order chi connectivity index (χ0) is 18.9. The molecular formula is C22H34IN5. The predicted octanol–water partition coefficient (Wildman–Crippen LogP) is 3.70. The third kappa shape index (κ3) is 7.47. The lowest BCUT2D eigenvalue weighted by atomic mass is 9.98. The first-order chi connectivity index (χ1) is 13.2. The second-order valence-corrected chi connectivity index (χ2v) is 7.55. The fourth-order valence-corrected chi connectivity index (χ4v) is 3.55. The number of likely N-dealkylation sites (tertiary alicyclic amines) is 1. The summed E-state index contributed by atoms with van der Waals surface area (Å²) < 4.78 is 2.16. The Kier molecular flexibility index (Phi) is 9.84. The van der Waals surface area contributed by atoms with Crippen LogP contribution in [0.3, 0.4) is 0 Å². The van der Waals surface area contributed by atoms with Crippen LogP contribution in [0.15, 0.2) is 53.8 Å². The molecule has 0 spiro atoms. The van der Waals surface area contributed by atoms with Gasteiger partial charge in [0.15, 0.2) is 5.96 Å². The summed E-state index contributed by atoms with van der Waals surface area (Å²) in [6.45, 7) is 8.43. The van der Waals surface area contributed by atoms with Gasteiger partial charge in [0, 0.05) is 45.6 Å². The van der Waals surface area contributed by atoms with Gasteiger partial charge in [0.25, 0.3) is 0 Å². The SMILES string of the molecule is CN=C(NCCn1cccc1)NCc1cccc(CN2CCC(C)CC2)c1.I. The van der Waals surface area contributed by atoms with Crippen molar-refractivity contribution in [3.05, 3.63) is 59.9 Å². The zero-order valence-corrected chi connectivity index (χ0v) is 19.4. The maximum Gasteiger partial charge on any atom is 0.191 e. The van der Waals surface area contributed by atoms with E-state index in [1.54, 1.807) is 0 Å². The smallest absolute Gasteiger partial charge is 0.191 e. The Morgan fingerprint density at radius 1 is 1.07 bits per heavy atom. The molecule has 0 unspecified atom stereocenters. The number of guanidine groups is 1. The molecule has 2 N–H and O–H groups in total. The molecule has 0 aliphatic carbocycles. The van der Waals surface area contributed by atoms with Gasteiger partial charge in [0.2, 0.25) is 0 Å². The molecule has 3 rings (SSSR count). The zero-order valence-electron chi connectivity index (χ0n) is 17.1. The van der Waals surface area contributed by atoms with Crippen molar-refractivity contribution in [1.29, 1.82) is 0 Å².